The Morgan fingerprint density at radius 1 is 1.19 bits per heavy atom. The standard InChI is InChI=1S/C18H20N2O12/c1-9(21)13(22)7-11(19(28)29)3-4-16(18(26)27)32-17(25)5-2-10-6-14(23)15(24)8-12(10)20(30)31/h2-3,5-8,14-17,21-25H,1,4H2,(H,26,27)/b5-2+,11-3-,13-7+. The summed E-state index contributed by atoms with van der Waals surface area (Å²) < 4.78 is 4.85. The monoisotopic (exact) mass is 456 g/mol. The molecule has 1 aliphatic carbocycles. The fourth-order valence-electron chi connectivity index (χ4n) is 2.28. The molecule has 4 unspecified atom stereocenters. The van der Waals surface area contributed by atoms with E-state index in [9.17, 15) is 50.6 Å². The Hall–Kier alpha value is -3.85. The molecule has 174 valence electrons. The largest absolute Gasteiger partial charge is 0.505 e. The minimum absolute atomic E-state index is 0.192. The van der Waals surface area contributed by atoms with Crippen molar-refractivity contribution in [1.29, 1.82) is 0 Å². The number of nitrogens with zero attached hydrogens (tertiary/aromatic N) is 2. The molecule has 0 aromatic carbocycles. The van der Waals surface area contributed by atoms with Crippen molar-refractivity contribution in [2.75, 3.05) is 0 Å². The highest BCUT2D eigenvalue weighted by Gasteiger charge is 2.28. The van der Waals surface area contributed by atoms with Gasteiger partial charge in [-0.05, 0) is 24.3 Å². The molecule has 6 N–H and O–H groups in total. The van der Waals surface area contributed by atoms with Crippen LogP contribution in [0.3, 0.4) is 0 Å². The molecule has 0 aliphatic heterocycles. The molecule has 0 aromatic rings. The minimum Gasteiger partial charge on any atom is -0.505 e. The van der Waals surface area contributed by atoms with Gasteiger partial charge in [0, 0.05) is 12.5 Å². The van der Waals surface area contributed by atoms with Crippen molar-refractivity contribution in [3.63, 3.8) is 0 Å². The van der Waals surface area contributed by atoms with Gasteiger partial charge in [-0.15, -0.1) is 0 Å². The number of rotatable bonds is 11. The Balaban J connectivity index is 2.98. The van der Waals surface area contributed by atoms with Crippen LogP contribution in [0.25, 0.3) is 0 Å². The molecular formula is C18H20N2O12. The van der Waals surface area contributed by atoms with Gasteiger partial charge in [-0.25, -0.2) is 4.79 Å². The van der Waals surface area contributed by atoms with Gasteiger partial charge in [-0.3, -0.25) is 20.2 Å². The van der Waals surface area contributed by atoms with E-state index >= 15 is 0 Å². The summed E-state index contributed by atoms with van der Waals surface area (Å²) in [4.78, 5) is 31.5. The van der Waals surface area contributed by atoms with Crippen molar-refractivity contribution in [3.05, 3.63) is 91.7 Å². The molecule has 0 saturated heterocycles. The van der Waals surface area contributed by atoms with E-state index in [1.165, 1.54) is 0 Å². The third-order valence-corrected chi connectivity index (χ3v) is 3.87. The molecule has 0 aromatic heterocycles. The first kappa shape index (κ1) is 26.2. The van der Waals surface area contributed by atoms with Crippen LogP contribution in [0.2, 0.25) is 0 Å². The smallest absolute Gasteiger partial charge is 0.333 e. The maximum atomic E-state index is 11.3. The van der Waals surface area contributed by atoms with E-state index in [1.807, 2.05) is 0 Å². The number of aliphatic hydroxyl groups is 5. The second-order valence-electron chi connectivity index (χ2n) is 6.22. The number of aliphatic hydroxyl groups excluding tert-OH is 5. The van der Waals surface area contributed by atoms with Gasteiger partial charge in [0.2, 0.25) is 0 Å². The number of carbonyl (C=O) groups is 1. The van der Waals surface area contributed by atoms with Gasteiger partial charge < -0.3 is 35.4 Å². The van der Waals surface area contributed by atoms with Crippen LogP contribution >= 0.6 is 0 Å². The Morgan fingerprint density at radius 2 is 1.78 bits per heavy atom. The molecule has 0 spiro atoms. The SMILES string of the molecule is C=C(O)/C(O)=C\C(=C\CC(OC(O)/C=C/C1=CC(O)C(O)C=C1[N+](=O)[O-])C(=O)O)[N+](=O)[O-]. The molecule has 14 nitrogen and oxygen atoms in total. The maximum absolute atomic E-state index is 11.3. The molecule has 0 radical (unpaired) electrons. The first-order chi connectivity index (χ1) is 14.8. The summed E-state index contributed by atoms with van der Waals surface area (Å²) in [5, 5.41) is 78.5. The summed E-state index contributed by atoms with van der Waals surface area (Å²) in [7, 11) is 0. The Morgan fingerprint density at radius 3 is 2.28 bits per heavy atom. The van der Waals surface area contributed by atoms with Gasteiger partial charge in [0.15, 0.2) is 18.2 Å². The van der Waals surface area contributed by atoms with Gasteiger partial charge in [-0.1, -0.05) is 6.58 Å². The molecular weight excluding hydrogens is 436 g/mol. The second-order valence-corrected chi connectivity index (χ2v) is 6.22. The Labute approximate surface area is 179 Å². The number of carboxylic acids is 1. The zero-order valence-corrected chi connectivity index (χ0v) is 16.2. The highest BCUT2D eigenvalue weighted by atomic mass is 16.6. The van der Waals surface area contributed by atoms with Crippen molar-refractivity contribution in [2.45, 2.75) is 31.0 Å². The summed E-state index contributed by atoms with van der Waals surface area (Å²) in [6, 6.07) is 0. The highest BCUT2D eigenvalue weighted by Crippen LogP contribution is 2.22. The number of aliphatic carboxylic acids is 1. The predicted octanol–water partition coefficient (Wildman–Crippen LogP) is 0.218. The Bertz CT molecular complexity index is 930. The summed E-state index contributed by atoms with van der Waals surface area (Å²) in [5.74, 6) is -3.40. The maximum Gasteiger partial charge on any atom is 0.333 e. The van der Waals surface area contributed by atoms with E-state index in [4.69, 9.17) is 9.84 Å². The number of ether oxygens (including phenoxy) is 1. The quantitative estimate of drug-likeness (QED) is 0.0805. The van der Waals surface area contributed by atoms with Crippen molar-refractivity contribution >= 4 is 5.97 Å². The summed E-state index contributed by atoms with van der Waals surface area (Å²) >= 11 is 0. The molecule has 0 amide bonds. The summed E-state index contributed by atoms with van der Waals surface area (Å²) in [6.45, 7) is 2.96. The minimum atomic E-state index is -1.93. The topological polar surface area (TPSA) is 234 Å². The lowest BCUT2D eigenvalue weighted by Crippen LogP contribution is -2.28. The van der Waals surface area contributed by atoms with Crippen LogP contribution in [0.1, 0.15) is 6.42 Å². The van der Waals surface area contributed by atoms with Crippen LogP contribution in [-0.4, -0.2) is 71.1 Å². The molecule has 1 aliphatic rings. The molecule has 14 heteroatoms. The van der Waals surface area contributed by atoms with Gasteiger partial charge >= 0.3 is 5.97 Å². The van der Waals surface area contributed by atoms with Crippen molar-refractivity contribution in [2.24, 2.45) is 0 Å². The third-order valence-electron chi connectivity index (χ3n) is 3.87. The van der Waals surface area contributed by atoms with Crippen LogP contribution in [0, 0.1) is 20.2 Å². The third kappa shape index (κ3) is 7.77. The molecule has 0 heterocycles. The van der Waals surface area contributed by atoms with Crippen LogP contribution in [0.15, 0.2) is 71.5 Å². The van der Waals surface area contributed by atoms with Crippen molar-refractivity contribution in [1.82, 2.24) is 0 Å². The fourth-order valence-corrected chi connectivity index (χ4v) is 2.28. The number of hydrogen-bond donors (Lipinski definition) is 6. The van der Waals surface area contributed by atoms with Crippen molar-refractivity contribution in [3.8, 4) is 0 Å². The van der Waals surface area contributed by atoms with E-state index < -0.39 is 69.8 Å². The van der Waals surface area contributed by atoms with E-state index in [-0.39, 0.29) is 5.57 Å². The van der Waals surface area contributed by atoms with Gasteiger partial charge in [0.25, 0.3) is 11.4 Å². The van der Waals surface area contributed by atoms with Crippen LogP contribution in [0.4, 0.5) is 0 Å². The average Bonchev–Trinajstić information content (AvgIpc) is 2.69. The van der Waals surface area contributed by atoms with Crippen LogP contribution in [0.5, 0.6) is 0 Å². The Kier molecular flexibility index (Phi) is 9.42. The van der Waals surface area contributed by atoms with E-state index in [1.54, 1.807) is 0 Å². The zero-order valence-electron chi connectivity index (χ0n) is 16.2. The number of allylic oxidation sites excluding steroid dienone is 2. The lowest BCUT2D eigenvalue weighted by Gasteiger charge is -2.17. The highest BCUT2D eigenvalue weighted by molar-refractivity contribution is 5.72. The van der Waals surface area contributed by atoms with E-state index in [0.717, 1.165) is 30.4 Å². The first-order valence-electron chi connectivity index (χ1n) is 8.66. The molecule has 32 heavy (non-hydrogen) atoms. The molecule has 0 fully saturated rings. The van der Waals surface area contributed by atoms with Gasteiger partial charge in [0.05, 0.1) is 21.5 Å². The molecule has 0 bridgehead atoms. The number of nitro groups is 2. The van der Waals surface area contributed by atoms with Crippen molar-refractivity contribution < 1.29 is 50.0 Å². The second kappa shape index (κ2) is 11.5. The predicted molar refractivity (Wildman–Crippen MR) is 105 cm³/mol. The lowest BCUT2D eigenvalue weighted by atomic mass is 9.99. The molecule has 0 saturated carbocycles. The molecule has 4 atom stereocenters. The summed E-state index contributed by atoms with van der Waals surface area (Å²) in [5.41, 5.74) is -1.56. The summed E-state index contributed by atoms with van der Waals surface area (Å²) in [6.07, 6.45) is -2.56. The van der Waals surface area contributed by atoms with Gasteiger partial charge in [-0.2, -0.15) is 0 Å². The van der Waals surface area contributed by atoms with Crippen LogP contribution in [-0.2, 0) is 9.53 Å². The number of carboxylic acid groups (broad SMARTS) is 1. The van der Waals surface area contributed by atoms with Gasteiger partial charge in [0.1, 0.15) is 18.0 Å². The molecule has 1 rings (SSSR count). The van der Waals surface area contributed by atoms with Crippen LogP contribution < -0.4 is 0 Å². The first-order valence-corrected chi connectivity index (χ1v) is 8.66. The zero-order chi connectivity index (χ0) is 24.6. The van der Waals surface area contributed by atoms with E-state index in [2.05, 4.69) is 6.58 Å². The fraction of sp³-hybridized carbons (Fsp3) is 0.278. The average molecular weight is 456 g/mol. The lowest BCUT2D eigenvalue weighted by molar-refractivity contribution is -0.421. The number of hydrogen-bond acceptors (Lipinski definition) is 11. The van der Waals surface area contributed by atoms with E-state index in [0.29, 0.717) is 6.08 Å². The normalized spacial score (nSPS) is 21.5.